The van der Waals surface area contributed by atoms with E-state index >= 15 is 0 Å². The van der Waals surface area contributed by atoms with Gasteiger partial charge in [0.05, 0.1) is 0 Å². The molecule has 0 heterocycles. The summed E-state index contributed by atoms with van der Waals surface area (Å²) in [6, 6.07) is 8.87. The summed E-state index contributed by atoms with van der Waals surface area (Å²) in [5.74, 6) is 0. The summed E-state index contributed by atoms with van der Waals surface area (Å²) in [5.41, 5.74) is 9.70. The monoisotopic (exact) mass is 231 g/mol. The smallest absolute Gasteiger partial charge is 0.0414 e. The van der Waals surface area contributed by atoms with Gasteiger partial charge in [-0.1, -0.05) is 51.5 Å². The van der Waals surface area contributed by atoms with Crippen LogP contribution in [-0.4, -0.2) is 0 Å². The van der Waals surface area contributed by atoms with E-state index in [1.54, 1.807) is 0 Å². The molecule has 17 heavy (non-hydrogen) atoms. The predicted molar refractivity (Wildman–Crippen MR) is 73.9 cm³/mol. The van der Waals surface area contributed by atoms with E-state index in [1.165, 1.54) is 24.0 Å². The summed E-state index contributed by atoms with van der Waals surface area (Å²) >= 11 is 0. The Morgan fingerprint density at radius 3 is 2.65 bits per heavy atom. The van der Waals surface area contributed by atoms with Gasteiger partial charge in [0.15, 0.2) is 0 Å². The van der Waals surface area contributed by atoms with Gasteiger partial charge in [-0.25, -0.2) is 0 Å². The zero-order valence-corrected chi connectivity index (χ0v) is 11.4. The van der Waals surface area contributed by atoms with Crippen LogP contribution in [0.25, 0.3) is 0 Å². The number of hydrogen-bond donors (Lipinski definition) is 1. The van der Waals surface area contributed by atoms with Crippen LogP contribution < -0.4 is 5.73 Å². The molecular formula is C16H25N. The van der Waals surface area contributed by atoms with Gasteiger partial charge in [0, 0.05) is 5.54 Å². The fourth-order valence-electron chi connectivity index (χ4n) is 3.26. The first kappa shape index (κ1) is 12.6. The van der Waals surface area contributed by atoms with Crippen molar-refractivity contribution in [3.05, 3.63) is 35.4 Å². The topological polar surface area (TPSA) is 26.0 Å². The third-order valence-corrected chi connectivity index (χ3v) is 4.18. The Balaban J connectivity index is 2.30. The van der Waals surface area contributed by atoms with Crippen LogP contribution in [0.3, 0.4) is 0 Å². The molecule has 1 saturated carbocycles. The summed E-state index contributed by atoms with van der Waals surface area (Å²) < 4.78 is 0. The minimum atomic E-state index is -0.104. The lowest BCUT2D eigenvalue weighted by molar-refractivity contribution is 0.151. The number of benzene rings is 1. The van der Waals surface area contributed by atoms with Gasteiger partial charge in [-0.15, -0.1) is 0 Å². The van der Waals surface area contributed by atoms with Crippen molar-refractivity contribution in [2.45, 2.75) is 58.4 Å². The Bertz CT molecular complexity index is 394. The highest BCUT2D eigenvalue weighted by atomic mass is 14.8. The summed E-state index contributed by atoms with van der Waals surface area (Å²) in [7, 11) is 0. The van der Waals surface area contributed by atoms with E-state index in [0.717, 1.165) is 19.3 Å². The molecular weight excluding hydrogens is 206 g/mol. The van der Waals surface area contributed by atoms with Crippen LogP contribution in [0.5, 0.6) is 0 Å². The van der Waals surface area contributed by atoms with Crippen LogP contribution in [0.1, 0.15) is 57.6 Å². The Kier molecular flexibility index (Phi) is 3.31. The van der Waals surface area contributed by atoms with Crippen LogP contribution in [0.15, 0.2) is 24.3 Å². The maximum Gasteiger partial charge on any atom is 0.0414 e. The van der Waals surface area contributed by atoms with Gasteiger partial charge in [0.1, 0.15) is 0 Å². The molecule has 0 spiro atoms. The van der Waals surface area contributed by atoms with Gasteiger partial charge < -0.3 is 5.73 Å². The van der Waals surface area contributed by atoms with Gasteiger partial charge in [-0.05, 0) is 42.2 Å². The first-order valence-corrected chi connectivity index (χ1v) is 6.83. The highest BCUT2D eigenvalue weighted by Gasteiger charge is 2.38. The fourth-order valence-corrected chi connectivity index (χ4v) is 3.26. The lowest BCUT2D eigenvalue weighted by Gasteiger charge is -2.43. The summed E-state index contributed by atoms with van der Waals surface area (Å²) in [5, 5.41) is 0. The molecule has 1 unspecified atom stereocenters. The SMILES string of the molecule is CCc1cccc(C2(N)CCCC(C)(C)C2)c1. The molecule has 0 saturated heterocycles. The molecule has 1 nitrogen and oxygen atoms in total. The van der Waals surface area contributed by atoms with E-state index in [4.69, 9.17) is 5.73 Å². The first-order chi connectivity index (χ1) is 7.95. The van der Waals surface area contributed by atoms with E-state index in [9.17, 15) is 0 Å². The van der Waals surface area contributed by atoms with E-state index in [0.29, 0.717) is 5.41 Å². The predicted octanol–water partition coefficient (Wildman–Crippen LogP) is 4.00. The number of rotatable bonds is 2. The standard InChI is InChI=1S/C16H25N/c1-4-13-7-5-8-14(11-13)16(17)10-6-9-15(2,3)12-16/h5,7-8,11H,4,6,9-10,12,17H2,1-3H3. The Hall–Kier alpha value is -0.820. The maximum atomic E-state index is 6.68. The average molecular weight is 231 g/mol. The molecule has 1 fully saturated rings. The molecule has 2 N–H and O–H groups in total. The van der Waals surface area contributed by atoms with Crippen molar-refractivity contribution < 1.29 is 0 Å². The number of hydrogen-bond acceptors (Lipinski definition) is 1. The maximum absolute atomic E-state index is 6.68. The van der Waals surface area contributed by atoms with Crippen molar-refractivity contribution in [3.8, 4) is 0 Å². The van der Waals surface area contributed by atoms with Gasteiger partial charge in [-0.2, -0.15) is 0 Å². The number of aryl methyl sites for hydroxylation is 1. The van der Waals surface area contributed by atoms with Crippen LogP contribution >= 0.6 is 0 Å². The highest BCUT2D eigenvalue weighted by molar-refractivity contribution is 5.30. The molecule has 1 aliphatic carbocycles. The molecule has 0 bridgehead atoms. The molecule has 1 aromatic rings. The molecule has 0 amide bonds. The van der Waals surface area contributed by atoms with E-state index in [1.807, 2.05) is 0 Å². The number of nitrogens with two attached hydrogens (primary N) is 1. The van der Waals surface area contributed by atoms with E-state index < -0.39 is 0 Å². The normalized spacial score (nSPS) is 28.0. The molecule has 2 rings (SSSR count). The minimum Gasteiger partial charge on any atom is -0.321 e. The van der Waals surface area contributed by atoms with Crippen LogP contribution in [0.2, 0.25) is 0 Å². The first-order valence-electron chi connectivity index (χ1n) is 6.83. The molecule has 0 aromatic heterocycles. The van der Waals surface area contributed by atoms with Gasteiger partial charge >= 0.3 is 0 Å². The van der Waals surface area contributed by atoms with E-state index in [2.05, 4.69) is 45.0 Å². The molecule has 1 heteroatoms. The van der Waals surface area contributed by atoms with Crippen molar-refractivity contribution in [2.24, 2.45) is 11.1 Å². The lowest BCUT2D eigenvalue weighted by Crippen LogP contribution is -2.44. The van der Waals surface area contributed by atoms with Crippen LogP contribution in [0.4, 0.5) is 0 Å². The van der Waals surface area contributed by atoms with Crippen molar-refractivity contribution in [1.82, 2.24) is 0 Å². The highest BCUT2D eigenvalue weighted by Crippen LogP contribution is 2.44. The van der Waals surface area contributed by atoms with Crippen molar-refractivity contribution in [1.29, 1.82) is 0 Å². The second-order valence-electron chi connectivity index (χ2n) is 6.40. The van der Waals surface area contributed by atoms with Crippen LogP contribution in [-0.2, 0) is 12.0 Å². The zero-order chi connectivity index (χ0) is 12.5. The fraction of sp³-hybridized carbons (Fsp3) is 0.625. The molecule has 0 aliphatic heterocycles. The summed E-state index contributed by atoms with van der Waals surface area (Å²) in [6.07, 6.45) is 5.88. The minimum absolute atomic E-state index is 0.104. The second kappa shape index (κ2) is 4.45. The Labute approximate surface area is 105 Å². The Morgan fingerprint density at radius 2 is 2.00 bits per heavy atom. The van der Waals surface area contributed by atoms with Gasteiger partial charge in [0.2, 0.25) is 0 Å². The van der Waals surface area contributed by atoms with Crippen LogP contribution in [0, 0.1) is 5.41 Å². The van der Waals surface area contributed by atoms with Crippen molar-refractivity contribution >= 4 is 0 Å². The molecule has 1 atom stereocenters. The summed E-state index contributed by atoms with van der Waals surface area (Å²) in [4.78, 5) is 0. The Morgan fingerprint density at radius 1 is 1.24 bits per heavy atom. The lowest BCUT2D eigenvalue weighted by atomic mass is 9.66. The quantitative estimate of drug-likeness (QED) is 0.818. The van der Waals surface area contributed by atoms with E-state index in [-0.39, 0.29) is 5.54 Å². The molecule has 1 aromatic carbocycles. The summed E-state index contributed by atoms with van der Waals surface area (Å²) in [6.45, 7) is 6.89. The third-order valence-electron chi connectivity index (χ3n) is 4.18. The molecule has 0 radical (unpaired) electrons. The van der Waals surface area contributed by atoms with Crippen molar-refractivity contribution in [2.75, 3.05) is 0 Å². The largest absolute Gasteiger partial charge is 0.321 e. The van der Waals surface area contributed by atoms with Gasteiger partial charge in [0.25, 0.3) is 0 Å². The van der Waals surface area contributed by atoms with Gasteiger partial charge in [-0.3, -0.25) is 0 Å². The second-order valence-corrected chi connectivity index (χ2v) is 6.40. The average Bonchev–Trinajstić information content (AvgIpc) is 2.27. The molecule has 94 valence electrons. The zero-order valence-electron chi connectivity index (χ0n) is 11.4. The third kappa shape index (κ3) is 2.71. The molecule has 1 aliphatic rings. The van der Waals surface area contributed by atoms with Crippen molar-refractivity contribution in [3.63, 3.8) is 0 Å².